The largest absolute Gasteiger partial charge is 0.480 e. The second-order valence-electron chi connectivity index (χ2n) is 5.16. The minimum absolute atomic E-state index is 0.153. The molecule has 1 aliphatic carbocycles. The number of aliphatic carboxylic acids is 1. The van der Waals surface area contributed by atoms with Gasteiger partial charge in [-0.3, -0.25) is 4.79 Å². The second-order valence-corrected chi connectivity index (χ2v) is 6.15. The first kappa shape index (κ1) is 14.9. The van der Waals surface area contributed by atoms with Gasteiger partial charge >= 0.3 is 5.97 Å². The summed E-state index contributed by atoms with van der Waals surface area (Å²) >= 11 is 1.57. The molecule has 1 aliphatic rings. The molecular weight excluding hydrogens is 278 g/mol. The Labute approximate surface area is 122 Å². The van der Waals surface area contributed by atoms with Crippen molar-refractivity contribution in [1.82, 2.24) is 14.9 Å². The molecule has 0 radical (unpaired) electrons. The Kier molecular flexibility index (Phi) is 4.69. The summed E-state index contributed by atoms with van der Waals surface area (Å²) in [7, 11) is 0. The van der Waals surface area contributed by atoms with Gasteiger partial charge in [-0.25, -0.2) is 9.78 Å². The molecule has 1 aromatic heterocycles. The molecule has 110 valence electrons. The van der Waals surface area contributed by atoms with E-state index in [-0.39, 0.29) is 5.91 Å². The van der Waals surface area contributed by atoms with E-state index < -0.39 is 17.4 Å². The topological polar surface area (TPSA) is 84.2 Å². The molecular formula is C13H19N3O3S. The fourth-order valence-electron chi connectivity index (χ4n) is 2.14. The predicted octanol–water partition coefficient (Wildman–Crippen LogP) is 0.986. The van der Waals surface area contributed by atoms with Gasteiger partial charge in [-0.2, -0.15) is 11.8 Å². The van der Waals surface area contributed by atoms with E-state index in [9.17, 15) is 9.59 Å². The zero-order valence-corrected chi connectivity index (χ0v) is 12.2. The van der Waals surface area contributed by atoms with Crippen LogP contribution in [0, 0.1) is 5.41 Å². The Balaban J connectivity index is 1.94. The number of carbonyl (C=O) groups excluding carboxylic acids is 1. The maximum Gasteiger partial charge on any atom is 0.326 e. The molecule has 0 saturated heterocycles. The monoisotopic (exact) mass is 297 g/mol. The SMILES string of the molecule is CSCC[C@H](NC(=O)C1(Cn2ccnc2)CC1)C(=O)O. The fourth-order valence-corrected chi connectivity index (χ4v) is 2.61. The summed E-state index contributed by atoms with van der Waals surface area (Å²) in [5.41, 5.74) is -0.451. The molecule has 1 amide bonds. The van der Waals surface area contributed by atoms with Crippen LogP contribution < -0.4 is 5.32 Å². The molecule has 7 heteroatoms. The average Bonchev–Trinajstić information content (AvgIpc) is 3.01. The van der Waals surface area contributed by atoms with Crippen LogP contribution in [0.1, 0.15) is 19.3 Å². The molecule has 1 heterocycles. The molecule has 1 atom stereocenters. The van der Waals surface area contributed by atoms with Crippen molar-refractivity contribution in [3.63, 3.8) is 0 Å². The van der Waals surface area contributed by atoms with Crippen molar-refractivity contribution in [3.05, 3.63) is 18.7 Å². The van der Waals surface area contributed by atoms with Crippen LogP contribution in [-0.2, 0) is 16.1 Å². The highest BCUT2D eigenvalue weighted by Gasteiger charge is 2.50. The molecule has 1 aromatic rings. The minimum Gasteiger partial charge on any atom is -0.480 e. The average molecular weight is 297 g/mol. The molecule has 0 aromatic carbocycles. The first-order chi connectivity index (χ1) is 9.57. The summed E-state index contributed by atoms with van der Waals surface area (Å²) in [6.45, 7) is 0.563. The molecule has 1 fully saturated rings. The van der Waals surface area contributed by atoms with Crippen LogP contribution in [-0.4, -0.2) is 44.6 Å². The molecule has 0 unspecified atom stereocenters. The van der Waals surface area contributed by atoms with Crippen molar-refractivity contribution in [2.45, 2.75) is 31.8 Å². The van der Waals surface area contributed by atoms with Crippen molar-refractivity contribution in [2.24, 2.45) is 5.41 Å². The molecule has 0 aliphatic heterocycles. The minimum atomic E-state index is -0.967. The first-order valence-corrected chi connectivity index (χ1v) is 7.95. The van der Waals surface area contributed by atoms with Crippen molar-refractivity contribution >= 4 is 23.6 Å². The summed E-state index contributed by atoms with van der Waals surface area (Å²) in [5.74, 6) is -0.406. The number of nitrogens with zero attached hydrogens (tertiary/aromatic N) is 2. The quantitative estimate of drug-likeness (QED) is 0.747. The fraction of sp³-hybridized carbons (Fsp3) is 0.615. The van der Waals surface area contributed by atoms with Gasteiger partial charge in [-0.15, -0.1) is 0 Å². The number of carbonyl (C=O) groups is 2. The molecule has 6 nitrogen and oxygen atoms in total. The maximum atomic E-state index is 12.3. The van der Waals surface area contributed by atoms with Crippen molar-refractivity contribution < 1.29 is 14.7 Å². The number of carboxylic acids is 1. The van der Waals surface area contributed by atoms with Crippen LogP contribution >= 0.6 is 11.8 Å². The zero-order chi connectivity index (χ0) is 14.6. The van der Waals surface area contributed by atoms with Crippen molar-refractivity contribution in [2.75, 3.05) is 12.0 Å². The summed E-state index contributed by atoms with van der Waals surface area (Å²) in [4.78, 5) is 27.4. The van der Waals surface area contributed by atoms with Gasteiger partial charge < -0.3 is 15.0 Å². The number of hydrogen-bond acceptors (Lipinski definition) is 4. The standard InChI is InChI=1S/C13H19N3O3S/c1-20-7-2-10(11(17)18)15-12(19)13(3-4-13)8-16-6-5-14-9-16/h5-6,9-10H,2-4,7-8H2,1H3,(H,15,19)(H,17,18)/t10-/m0/s1. The number of hydrogen-bond donors (Lipinski definition) is 2. The van der Waals surface area contributed by atoms with Gasteiger partial charge in [-0.05, 0) is 31.3 Å². The Morgan fingerprint density at radius 1 is 1.55 bits per heavy atom. The number of carboxylic acid groups (broad SMARTS) is 1. The van der Waals surface area contributed by atoms with Crippen LogP contribution in [0.5, 0.6) is 0 Å². The highest BCUT2D eigenvalue weighted by atomic mass is 32.2. The van der Waals surface area contributed by atoms with Gasteiger partial charge in [-0.1, -0.05) is 0 Å². The lowest BCUT2D eigenvalue weighted by molar-refractivity contribution is -0.142. The molecule has 0 bridgehead atoms. The normalized spacial score (nSPS) is 17.4. The van der Waals surface area contributed by atoms with E-state index in [1.165, 1.54) is 0 Å². The number of aromatic nitrogens is 2. The van der Waals surface area contributed by atoms with E-state index in [1.807, 2.05) is 17.0 Å². The lowest BCUT2D eigenvalue weighted by atomic mass is 10.1. The summed E-state index contributed by atoms with van der Waals surface area (Å²) in [6.07, 6.45) is 9.13. The molecule has 0 spiro atoms. The van der Waals surface area contributed by atoms with Crippen LogP contribution in [0.3, 0.4) is 0 Å². The molecule has 2 N–H and O–H groups in total. The Morgan fingerprint density at radius 2 is 2.30 bits per heavy atom. The third-order valence-electron chi connectivity index (χ3n) is 3.59. The highest BCUT2D eigenvalue weighted by Crippen LogP contribution is 2.47. The van der Waals surface area contributed by atoms with E-state index in [2.05, 4.69) is 10.3 Å². The number of thioether (sulfide) groups is 1. The molecule has 20 heavy (non-hydrogen) atoms. The third-order valence-corrected chi connectivity index (χ3v) is 4.24. The van der Waals surface area contributed by atoms with Gasteiger partial charge in [0, 0.05) is 18.9 Å². The highest BCUT2D eigenvalue weighted by molar-refractivity contribution is 7.98. The van der Waals surface area contributed by atoms with Gasteiger partial charge in [0.05, 0.1) is 11.7 Å². The number of imidazole rings is 1. The Morgan fingerprint density at radius 3 is 2.80 bits per heavy atom. The molecule has 2 rings (SSSR count). The van der Waals surface area contributed by atoms with E-state index in [0.29, 0.717) is 18.7 Å². The van der Waals surface area contributed by atoms with E-state index in [1.54, 1.807) is 24.3 Å². The first-order valence-electron chi connectivity index (χ1n) is 6.56. The smallest absolute Gasteiger partial charge is 0.326 e. The molecule has 1 saturated carbocycles. The van der Waals surface area contributed by atoms with E-state index in [4.69, 9.17) is 5.11 Å². The van der Waals surface area contributed by atoms with Crippen molar-refractivity contribution in [3.8, 4) is 0 Å². The van der Waals surface area contributed by atoms with Gasteiger partial charge in [0.2, 0.25) is 5.91 Å². The van der Waals surface area contributed by atoms with Crippen LogP contribution in [0.2, 0.25) is 0 Å². The van der Waals surface area contributed by atoms with Crippen LogP contribution in [0.25, 0.3) is 0 Å². The Bertz CT molecular complexity index is 471. The van der Waals surface area contributed by atoms with Gasteiger partial charge in [0.25, 0.3) is 0 Å². The summed E-state index contributed by atoms with van der Waals surface area (Å²) < 4.78 is 1.87. The van der Waals surface area contributed by atoms with E-state index in [0.717, 1.165) is 12.8 Å². The van der Waals surface area contributed by atoms with Gasteiger partial charge in [0.1, 0.15) is 6.04 Å². The summed E-state index contributed by atoms with van der Waals surface area (Å²) in [6, 6.07) is -0.796. The lowest BCUT2D eigenvalue weighted by Crippen LogP contribution is -2.45. The number of nitrogens with one attached hydrogen (secondary N) is 1. The number of rotatable bonds is 8. The lowest BCUT2D eigenvalue weighted by Gasteiger charge is -2.20. The summed E-state index contributed by atoms with van der Waals surface area (Å²) in [5, 5.41) is 11.8. The van der Waals surface area contributed by atoms with E-state index >= 15 is 0 Å². The third kappa shape index (κ3) is 3.53. The predicted molar refractivity (Wildman–Crippen MR) is 76.5 cm³/mol. The van der Waals surface area contributed by atoms with Crippen LogP contribution in [0.4, 0.5) is 0 Å². The second kappa shape index (κ2) is 6.30. The zero-order valence-electron chi connectivity index (χ0n) is 11.4. The van der Waals surface area contributed by atoms with Gasteiger partial charge in [0.15, 0.2) is 0 Å². The van der Waals surface area contributed by atoms with Crippen molar-refractivity contribution in [1.29, 1.82) is 0 Å². The maximum absolute atomic E-state index is 12.3. The van der Waals surface area contributed by atoms with Crippen LogP contribution in [0.15, 0.2) is 18.7 Å². The Hall–Kier alpha value is -1.50. The number of amides is 1.